The molecule has 0 bridgehead atoms. The smallest absolute Gasteiger partial charge is 0.290 e. The van der Waals surface area contributed by atoms with Gasteiger partial charge in [0.25, 0.3) is 5.91 Å². The lowest BCUT2D eigenvalue weighted by Crippen LogP contribution is -2.32. The number of hydrogen-bond donors (Lipinski definition) is 1. The van der Waals surface area contributed by atoms with E-state index in [1.807, 2.05) is 10.8 Å². The molecule has 1 aliphatic heterocycles. The number of aliphatic hydroxyl groups is 1. The molecule has 3 aromatic rings. The number of halogens is 1. The fourth-order valence-corrected chi connectivity index (χ4v) is 3.83. The molecule has 0 fully saturated rings. The van der Waals surface area contributed by atoms with E-state index in [1.54, 1.807) is 48.9 Å². The Kier molecular flexibility index (Phi) is 6.04. The van der Waals surface area contributed by atoms with Gasteiger partial charge in [0, 0.05) is 30.5 Å². The lowest BCUT2D eigenvalue weighted by atomic mass is 9.95. The Morgan fingerprint density at radius 2 is 2.13 bits per heavy atom. The number of aryl methyl sites for hydroxylation is 1. The van der Waals surface area contributed by atoms with Crippen LogP contribution in [-0.4, -0.2) is 37.8 Å². The predicted molar refractivity (Wildman–Crippen MR) is 115 cm³/mol. The second kappa shape index (κ2) is 9.06. The summed E-state index contributed by atoms with van der Waals surface area (Å²) >= 11 is 6.17. The molecule has 3 heterocycles. The van der Waals surface area contributed by atoms with Crippen molar-refractivity contribution in [2.24, 2.45) is 0 Å². The van der Waals surface area contributed by atoms with Crippen LogP contribution < -0.4 is 0 Å². The van der Waals surface area contributed by atoms with Crippen molar-refractivity contribution in [1.82, 2.24) is 14.5 Å². The number of hydrogen-bond acceptors (Lipinski definition) is 5. The highest BCUT2D eigenvalue weighted by Gasteiger charge is 2.42. The summed E-state index contributed by atoms with van der Waals surface area (Å²) in [5, 5.41) is 11.1. The van der Waals surface area contributed by atoms with Crippen molar-refractivity contribution in [3.63, 3.8) is 0 Å². The number of aliphatic hydroxyl groups excluding tert-OH is 1. The molecule has 1 aliphatic rings. The van der Waals surface area contributed by atoms with Crippen LogP contribution in [0.4, 0.5) is 0 Å². The van der Waals surface area contributed by atoms with E-state index in [-0.39, 0.29) is 5.57 Å². The van der Waals surface area contributed by atoms with Gasteiger partial charge in [-0.3, -0.25) is 9.59 Å². The van der Waals surface area contributed by atoms with Crippen LogP contribution in [0.15, 0.2) is 83.2 Å². The quantitative estimate of drug-likeness (QED) is 0.533. The molecule has 158 valence electrons. The summed E-state index contributed by atoms with van der Waals surface area (Å²) in [6.07, 6.45) is 10.1. The molecular formula is C23H20ClN3O4. The first-order valence-corrected chi connectivity index (χ1v) is 10.1. The highest BCUT2D eigenvalue weighted by molar-refractivity contribution is 6.30. The molecule has 0 spiro atoms. The highest BCUT2D eigenvalue weighted by atomic mass is 35.5. The molecule has 0 saturated carbocycles. The monoisotopic (exact) mass is 437 g/mol. The van der Waals surface area contributed by atoms with E-state index < -0.39 is 23.5 Å². The molecule has 7 nitrogen and oxygen atoms in total. The molecule has 8 heteroatoms. The Hall–Kier alpha value is -3.58. The molecule has 0 saturated heterocycles. The van der Waals surface area contributed by atoms with Crippen molar-refractivity contribution in [3.05, 3.63) is 95.1 Å². The Bertz CT molecular complexity index is 1130. The predicted octanol–water partition coefficient (Wildman–Crippen LogP) is 4.20. The second-order valence-electron chi connectivity index (χ2n) is 7.09. The molecule has 0 radical (unpaired) electrons. The lowest BCUT2D eigenvalue weighted by Gasteiger charge is -2.26. The van der Waals surface area contributed by atoms with Crippen LogP contribution >= 0.6 is 11.6 Å². The Morgan fingerprint density at radius 3 is 2.84 bits per heavy atom. The van der Waals surface area contributed by atoms with Gasteiger partial charge in [0.2, 0.25) is 0 Å². The molecule has 0 aliphatic carbocycles. The third-order valence-electron chi connectivity index (χ3n) is 5.05. The van der Waals surface area contributed by atoms with E-state index in [0.717, 1.165) is 0 Å². The SMILES string of the molecule is O=C(/C=C/c1ccco1)C1=C(O)C(=O)N(CCCn2ccnc2)C1c1cccc(Cl)c1. The topological polar surface area (TPSA) is 88.6 Å². The van der Waals surface area contributed by atoms with Crippen molar-refractivity contribution >= 4 is 29.4 Å². The third kappa shape index (κ3) is 4.46. The average Bonchev–Trinajstić information content (AvgIpc) is 3.50. The number of furan rings is 1. The van der Waals surface area contributed by atoms with E-state index in [0.29, 0.717) is 35.9 Å². The molecule has 1 N–H and O–H groups in total. The summed E-state index contributed by atoms with van der Waals surface area (Å²) in [7, 11) is 0. The molecule has 1 unspecified atom stereocenters. The van der Waals surface area contributed by atoms with E-state index in [9.17, 15) is 14.7 Å². The Balaban J connectivity index is 1.62. The summed E-state index contributed by atoms with van der Waals surface area (Å²) in [6, 6.07) is 9.63. The number of benzene rings is 1. The maximum atomic E-state index is 13.0. The first-order chi connectivity index (χ1) is 15.0. The number of ketones is 1. The fraction of sp³-hybridized carbons (Fsp3) is 0.174. The minimum absolute atomic E-state index is 0.0257. The second-order valence-corrected chi connectivity index (χ2v) is 7.52. The van der Waals surface area contributed by atoms with Crippen molar-refractivity contribution in [3.8, 4) is 0 Å². The maximum Gasteiger partial charge on any atom is 0.290 e. The van der Waals surface area contributed by atoms with Gasteiger partial charge in [0.1, 0.15) is 5.76 Å². The lowest BCUT2D eigenvalue weighted by molar-refractivity contribution is -0.129. The summed E-state index contributed by atoms with van der Waals surface area (Å²) < 4.78 is 7.11. The van der Waals surface area contributed by atoms with Crippen LogP contribution in [0.5, 0.6) is 0 Å². The molecule has 31 heavy (non-hydrogen) atoms. The van der Waals surface area contributed by atoms with Gasteiger partial charge in [-0.1, -0.05) is 23.7 Å². The zero-order chi connectivity index (χ0) is 21.8. The van der Waals surface area contributed by atoms with Gasteiger partial charge in [-0.25, -0.2) is 4.98 Å². The van der Waals surface area contributed by atoms with Crippen LogP contribution in [0.1, 0.15) is 23.8 Å². The summed E-state index contributed by atoms with van der Waals surface area (Å²) in [5.74, 6) is -1.09. The first kappa shape index (κ1) is 20.7. The molecule has 2 aromatic heterocycles. The molecule has 4 rings (SSSR count). The number of nitrogens with zero attached hydrogens (tertiary/aromatic N) is 3. The van der Waals surface area contributed by atoms with Crippen LogP contribution in [0.25, 0.3) is 6.08 Å². The number of imidazole rings is 1. The van der Waals surface area contributed by atoms with Gasteiger partial charge in [0.05, 0.1) is 24.2 Å². The Labute approximate surface area is 183 Å². The number of amides is 1. The number of rotatable bonds is 8. The standard InChI is InChI=1S/C23H20ClN3O4/c24-17-5-1-4-16(14-17)21-20(19(28)8-7-18-6-2-13-31-18)22(29)23(30)27(21)11-3-10-26-12-9-25-15-26/h1-2,4-9,12-15,21,29H,3,10-11H2/b8-7+. The normalized spacial score (nSPS) is 16.6. The van der Waals surface area contributed by atoms with Gasteiger partial charge in [-0.15, -0.1) is 0 Å². The van der Waals surface area contributed by atoms with Crippen molar-refractivity contribution in [1.29, 1.82) is 0 Å². The summed E-state index contributed by atoms with van der Waals surface area (Å²) in [6.45, 7) is 0.991. The zero-order valence-electron chi connectivity index (χ0n) is 16.5. The molecule has 1 aromatic carbocycles. The first-order valence-electron chi connectivity index (χ1n) is 9.76. The van der Waals surface area contributed by atoms with Crippen molar-refractivity contribution in [2.75, 3.05) is 6.54 Å². The van der Waals surface area contributed by atoms with E-state index in [2.05, 4.69) is 4.98 Å². The average molecular weight is 438 g/mol. The van der Waals surface area contributed by atoms with Crippen LogP contribution in [0.2, 0.25) is 5.02 Å². The van der Waals surface area contributed by atoms with Gasteiger partial charge in [-0.2, -0.15) is 0 Å². The summed E-state index contributed by atoms with van der Waals surface area (Å²) in [5.41, 5.74) is 0.681. The van der Waals surface area contributed by atoms with Crippen LogP contribution in [0.3, 0.4) is 0 Å². The molecular weight excluding hydrogens is 418 g/mol. The van der Waals surface area contributed by atoms with Gasteiger partial charge >= 0.3 is 0 Å². The zero-order valence-corrected chi connectivity index (χ0v) is 17.3. The van der Waals surface area contributed by atoms with Crippen LogP contribution in [-0.2, 0) is 16.1 Å². The maximum absolute atomic E-state index is 13.0. The minimum Gasteiger partial charge on any atom is -0.503 e. The van der Waals surface area contributed by atoms with Gasteiger partial charge in [0.15, 0.2) is 11.5 Å². The van der Waals surface area contributed by atoms with Crippen molar-refractivity contribution in [2.45, 2.75) is 19.0 Å². The number of carbonyl (C=O) groups excluding carboxylic acids is 2. The number of allylic oxidation sites excluding steroid dienone is 1. The largest absolute Gasteiger partial charge is 0.503 e. The van der Waals surface area contributed by atoms with Gasteiger partial charge in [-0.05, 0) is 48.4 Å². The van der Waals surface area contributed by atoms with Crippen molar-refractivity contribution < 1.29 is 19.1 Å². The molecule has 1 atom stereocenters. The van der Waals surface area contributed by atoms with E-state index in [1.165, 1.54) is 23.3 Å². The number of aromatic nitrogens is 2. The third-order valence-corrected chi connectivity index (χ3v) is 5.29. The minimum atomic E-state index is -0.734. The summed E-state index contributed by atoms with van der Waals surface area (Å²) in [4.78, 5) is 31.4. The van der Waals surface area contributed by atoms with E-state index in [4.69, 9.17) is 16.0 Å². The van der Waals surface area contributed by atoms with E-state index >= 15 is 0 Å². The van der Waals surface area contributed by atoms with Gasteiger partial charge < -0.3 is 19.0 Å². The number of carbonyl (C=O) groups is 2. The van der Waals surface area contributed by atoms with Crippen LogP contribution in [0, 0.1) is 0 Å². The fourth-order valence-electron chi connectivity index (χ4n) is 3.64. The highest BCUT2D eigenvalue weighted by Crippen LogP contribution is 2.38. The Morgan fingerprint density at radius 1 is 1.26 bits per heavy atom. The molecule has 1 amide bonds.